The first kappa shape index (κ1) is 13.2. The molecule has 0 aliphatic heterocycles. The fourth-order valence-electron chi connectivity index (χ4n) is 0.687. The van der Waals surface area contributed by atoms with Gasteiger partial charge in [0.05, 0.1) is 13.1 Å². The smallest absolute Gasteiger partial charge is 0.334 e. The Labute approximate surface area is 85.8 Å². The number of carboxylic acid groups (broad SMARTS) is 1. The zero-order valence-electron chi connectivity index (χ0n) is 8.15. The Balaban J connectivity index is 3.78. The van der Waals surface area contributed by atoms with Gasteiger partial charge in [-0.05, 0) is 0 Å². The topological polar surface area (TPSA) is 131 Å². The monoisotopic (exact) mass is 219 g/mol. The Kier molecular flexibility index (Phi) is 5.79. The summed E-state index contributed by atoms with van der Waals surface area (Å²) in [5, 5.41) is 12.9. The standard InChI is InChI=1S/C7H13N3O5/c1-15-4(6(12)13)2-9-7(14)10-3-5(8)11/h4H,2-3H2,1H3,(H2,8,11)(H,12,13)(H2,9,10,14). The average molecular weight is 219 g/mol. The summed E-state index contributed by atoms with van der Waals surface area (Å²) in [6, 6.07) is -0.683. The number of ether oxygens (including phenoxy) is 1. The first-order valence-electron chi connectivity index (χ1n) is 4.03. The molecule has 0 saturated heterocycles. The highest BCUT2D eigenvalue weighted by atomic mass is 16.5. The molecule has 0 saturated carbocycles. The number of rotatable bonds is 6. The molecule has 3 amide bonds. The highest BCUT2D eigenvalue weighted by molar-refractivity contribution is 5.83. The normalized spacial score (nSPS) is 11.5. The van der Waals surface area contributed by atoms with E-state index in [1.54, 1.807) is 0 Å². The summed E-state index contributed by atoms with van der Waals surface area (Å²) in [7, 11) is 1.21. The molecule has 0 aliphatic rings. The second-order valence-electron chi connectivity index (χ2n) is 2.59. The first-order chi connectivity index (χ1) is 6.97. The van der Waals surface area contributed by atoms with Gasteiger partial charge < -0.3 is 26.2 Å². The van der Waals surface area contributed by atoms with E-state index in [0.717, 1.165) is 0 Å². The maximum atomic E-state index is 10.9. The van der Waals surface area contributed by atoms with Gasteiger partial charge in [-0.15, -0.1) is 0 Å². The summed E-state index contributed by atoms with van der Waals surface area (Å²) in [6.45, 7) is -0.507. The molecule has 0 aromatic rings. The van der Waals surface area contributed by atoms with Crippen molar-refractivity contribution in [3.63, 3.8) is 0 Å². The number of primary amides is 1. The number of carboxylic acids is 1. The van der Waals surface area contributed by atoms with E-state index >= 15 is 0 Å². The number of nitrogens with two attached hydrogens (primary N) is 1. The molecule has 5 N–H and O–H groups in total. The molecule has 86 valence electrons. The summed E-state index contributed by atoms with van der Waals surface area (Å²) in [6.07, 6.45) is -1.12. The SMILES string of the molecule is COC(CNC(=O)NCC(N)=O)C(=O)O. The van der Waals surface area contributed by atoms with Crippen molar-refractivity contribution in [1.29, 1.82) is 0 Å². The van der Waals surface area contributed by atoms with Crippen LogP contribution in [0.4, 0.5) is 4.79 Å². The van der Waals surface area contributed by atoms with Gasteiger partial charge in [0, 0.05) is 7.11 Å². The minimum absolute atomic E-state index is 0.198. The average Bonchev–Trinajstić information content (AvgIpc) is 2.15. The van der Waals surface area contributed by atoms with Crippen molar-refractivity contribution in [1.82, 2.24) is 10.6 Å². The Morgan fingerprint density at radius 1 is 1.40 bits per heavy atom. The van der Waals surface area contributed by atoms with E-state index in [9.17, 15) is 14.4 Å². The molecule has 0 fully saturated rings. The zero-order valence-corrected chi connectivity index (χ0v) is 8.15. The highest BCUT2D eigenvalue weighted by Gasteiger charge is 2.16. The van der Waals surface area contributed by atoms with Crippen molar-refractivity contribution < 1.29 is 24.2 Å². The van der Waals surface area contributed by atoms with Gasteiger partial charge in [0.1, 0.15) is 0 Å². The molecular weight excluding hydrogens is 206 g/mol. The molecule has 8 heteroatoms. The summed E-state index contributed by atoms with van der Waals surface area (Å²) < 4.78 is 4.55. The quantitative estimate of drug-likeness (QED) is 0.405. The molecule has 15 heavy (non-hydrogen) atoms. The summed E-state index contributed by atoms with van der Waals surface area (Å²) >= 11 is 0. The molecule has 0 rings (SSSR count). The molecular formula is C7H13N3O5. The van der Waals surface area contributed by atoms with E-state index in [0.29, 0.717) is 0 Å². The lowest BCUT2D eigenvalue weighted by atomic mass is 10.3. The van der Waals surface area contributed by atoms with Crippen molar-refractivity contribution in [2.24, 2.45) is 5.73 Å². The van der Waals surface area contributed by atoms with Gasteiger partial charge in [-0.1, -0.05) is 0 Å². The fourth-order valence-corrected chi connectivity index (χ4v) is 0.687. The Hall–Kier alpha value is -1.83. The molecule has 0 bridgehead atoms. The number of carbonyl (C=O) groups is 3. The molecule has 8 nitrogen and oxygen atoms in total. The predicted molar refractivity (Wildman–Crippen MR) is 49.0 cm³/mol. The number of methoxy groups -OCH3 is 1. The van der Waals surface area contributed by atoms with E-state index in [-0.39, 0.29) is 13.1 Å². The molecule has 0 radical (unpaired) electrons. The van der Waals surface area contributed by atoms with Crippen LogP contribution in [0.3, 0.4) is 0 Å². The maximum absolute atomic E-state index is 10.9. The van der Waals surface area contributed by atoms with E-state index in [2.05, 4.69) is 15.4 Å². The minimum atomic E-state index is -1.19. The van der Waals surface area contributed by atoms with E-state index < -0.39 is 24.0 Å². The van der Waals surface area contributed by atoms with E-state index in [1.165, 1.54) is 7.11 Å². The number of carbonyl (C=O) groups excluding carboxylic acids is 2. The van der Waals surface area contributed by atoms with Crippen molar-refractivity contribution >= 4 is 17.9 Å². The molecule has 1 atom stereocenters. The van der Waals surface area contributed by atoms with Crippen molar-refractivity contribution in [2.75, 3.05) is 20.2 Å². The Morgan fingerprint density at radius 3 is 2.40 bits per heavy atom. The lowest BCUT2D eigenvalue weighted by Crippen LogP contribution is -2.45. The van der Waals surface area contributed by atoms with Gasteiger partial charge in [0.25, 0.3) is 0 Å². The molecule has 0 aliphatic carbocycles. The number of hydrogen-bond acceptors (Lipinski definition) is 4. The van der Waals surface area contributed by atoms with Crippen molar-refractivity contribution in [2.45, 2.75) is 6.10 Å². The molecule has 0 aromatic carbocycles. The number of nitrogens with one attached hydrogen (secondary N) is 2. The van der Waals surface area contributed by atoms with Gasteiger partial charge in [-0.25, -0.2) is 9.59 Å². The lowest BCUT2D eigenvalue weighted by Gasteiger charge is -2.11. The predicted octanol–water partition coefficient (Wildman–Crippen LogP) is -2.13. The van der Waals surface area contributed by atoms with Crippen molar-refractivity contribution in [3.8, 4) is 0 Å². The Bertz CT molecular complexity index is 255. The number of amides is 3. The molecule has 0 spiro atoms. The summed E-state index contributed by atoms with van der Waals surface area (Å²) in [5.74, 6) is -1.88. The third-order valence-corrected chi connectivity index (χ3v) is 1.43. The summed E-state index contributed by atoms with van der Waals surface area (Å²) in [5.41, 5.74) is 4.77. The summed E-state index contributed by atoms with van der Waals surface area (Å²) in [4.78, 5) is 31.6. The van der Waals surface area contributed by atoms with Crippen LogP contribution in [0.1, 0.15) is 0 Å². The number of hydrogen-bond donors (Lipinski definition) is 4. The minimum Gasteiger partial charge on any atom is -0.479 e. The van der Waals surface area contributed by atoms with Crippen LogP contribution in [0.5, 0.6) is 0 Å². The molecule has 1 unspecified atom stereocenters. The van der Waals surface area contributed by atoms with Gasteiger partial charge in [0.15, 0.2) is 6.10 Å². The molecule has 0 heterocycles. The van der Waals surface area contributed by atoms with Crippen LogP contribution < -0.4 is 16.4 Å². The second-order valence-corrected chi connectivity index (χ2v) is 2.59. The van der Waals surface area contributed by atoms with Crippen LogP contribution in [-0.2, 0) is 14.3 Å². The highest BCUT2D eigenvalue weighted by Crippen LogP contribution is 1.87. The Morgan fingerprint density at radius 2 is 2.00 bits per heavy atom. The number of urea groups is 1. The van der Waals surface area contributed by atoms with E-state index in [4.69, 9.17) is 10.8 Å². The van der Waals surface area contributed by atoms with Crippen LogP contribution in [0.15, 0.2) is 0 Å². The third-order valence-electron chi connectivity index (χ3n) is 1.43. The van der Waals surface area contributed by atoms with E-state index in [1.807, 2.05) is 0 Å². The largest absolute Gasteiger partial charge is 0.479 e. The van der Waals surface area contributed by atoms with Crippen LogP contribution >= 0.6 is 0 Å². The zero-order chi connectivity index (χ0) is 11.8. The van der Waals surface area contributed by atoms with Crippen molar-refractivity contribution in [3.05, 3.63) is 0 Å². The van der Waals surface area contributed by atoms with Crippen LogP contribution in [0.25, 0.3) is 0 Å². The lowest BCUT2D eigenvalue weighted by molar-refractivity contribution is -0.148. The van der Waals surface area contributed by atoms with Crippen LogP contribution in [-0.4, -0.2) is 49.3 Å². The fraction of sp³-hybridized carbons (Fsp3) is 0.571. The van der Waals surface area contributed by atoms with Crippen LogP contribution in [0.2, 0.25) is 0 Å². The number of aliphatic carboxylic acids is 1. The second kappa shape index (κ2) is 6.60. The first-order valence-corrected chi connectivity index (χ1v) is 4.03. The van der Waals surface area contributed by atoms with Gasteiger partial charge >= 0.3 is 12.0 Å². The maximum Gasteiger partial charge on any atom is 0.334 e. The van der Waals surface area contributed by atoms with Gasteiger partial charge in [-0.2, -0.15) is 0 Å². The molecule has 0 aromatic heterocycles. The third kappa shape index (κ3) is 6.27. The van der Waals surface area contributed by atoms with Gasteiger partial charge in [0.2, 0.25) is 5.91 Å². The van der Waals surface area contributed by atoms with Crippen LogP contribution in [0, 0.1) is 0 Å². The van der Waals surface area contributed by atoms with Gasteiger partial charge in [-0.3, -0.25) is 4.79 Å².